The Morgan fingerprint density at radius 3 is 1.69 bits per heavy atom. The SMILES string of the molecule is CCC(=O)NC1C(OC(=O)CC)OC(COC(=O)CC)[C@@H](OC(=O)CC)C1OC(=O)CC. The van der Waals surface area contributed by atoms with Crippen LogP contribution < -0.4 is 5.32 Å². The molecule has 1 aliphatic rings. The largest absolute Gasteiger partial charge is 0.463 e. The van der Waals surface area contributed by atoms with E-state index in [1.54, 1.807) is 34.6 Å². The summed E-state index contributed by atoms with van der Waals surface area (Å²) < 4.78 is 27.3. The average Bonchev–Trinajstić information content (AvgIpc) is 2.80. The Hall–Kier alpha value is -2.69. The van der Waals surface area contributed by atoms with Crippen molar-refractivity contribution in [2.45, 2.75) is 97.4 Å². The molecule has 0 aliphatic carbocycles. The van der Waals surface area contributed by atoms with Gasteiger partial charge in [0, 0.05) is 32.1 Å². The fourth-order valence-corrected chi connectivity index (χ4v) is 2.82. The van der Waals surface area contributed by atoms with Gasteiger partial charge in [0.15, 0.2) is 12.2 Å². The van der Waals surface area contributed by atoms with E-state index >= 15 is 0 Å². The summed E-state index contributed by atoms with van der Waals surface area (Å²) in [5.41, 5.74) is 0. The molecule has 11 nitrogen and oxygen atoms in total. The molecule has 1 N–H and O–H groups in total. The van der Waals surface area contributed by atoms with Gasteiger partial charge >= 0.3 is 23.9 Å². The normalized spacial score (nSPS) is 24.7. The van der Waals surface area contributed by atoms with Gasteiger partial charge in [-0.1, -0.05) is 34.6 Å². The van der Waals surface area contributed by atoms with Crippen LogP contribution in [0.15, 0.2) is 0 Å². The lowest BCUT2D eigenvalue weighted by molar-refractivity contribution is -0.272. The molecular weight excluding hydrogens is 426 g/mol. The quantitative estimate of drug-likeness (QED) is 0.353. The van der Waals surface area contributed by atoms with E-state index in [9.17, 15) is 24.0 Å². The highest BCUT2D eigenvalue weighted by Crippen LogP contribution is 2.28. The average molecular weight is 459 g/mol. The molecule has 0 aromatic rings. The third kappa shape index (κ3) is 8.10. The second kappa shape index (κ2) is 13.7. The summed E-state index contributed by atoms with van der Waals surface area (Å²) in [6.07, 6.45) is -4.70. The van der Waals surface area contributed by atoms with Crippen LogP contribution in [0.1, 0.15) is 66.7 Å². The molecule has 4 unspecified atom stereocenters. The Bertz CT molecular complexity index is 679. The molecule has 1 amide bonds. The van der Waals surface area contributed by atoms with Crippen LogP contribution in [0, 0.1) is 0 Å². The number of nitrogens with one attached hydrogen (secondary N) is 1. The number of carbonyl (C=O) groups is 5. The van der Waals surface area contributed by atoms with Crippen molar-refractivity contribution < 1.29 is 47.7 Å². The van der Waals surface area contributed by atoms with E-state index < -0.39 is 60.4 Å². The minimum absolute atomic E-state index is 0.00907. The van der Waals surface area contributed by atoms with Gasteiger partial charge in [-0.25, -0.2) is 0 Å². The van der Waals surface area contributed by atoms with Gasteiger partial charge in [0.05, 0.1) is 0 Å². The highest BCUT2D eigenvalue weighted by atomic mass is 16.7. The van der Waals surface area contributed by atoms with Gasteiger partial charge in [-0.15, -0.1) is 0 Å². The number of hydrogen-bond acceptors (Lipinski definition) is 10. The lowest BCUT2D eigenvalue weighted by Gasteiger charge is -2.44. The van der Waals surface area contributed by atoms with Crippen LogP contribution >= 0.6 is 0 Å². The minimum Gasteiger partial charge on any atom is -0.463 e. The first-order valence-electron chi connectivity index (χ1n) is 10.9. The molecule has 0 bridgehead atoms. The smallest absolute Gasteiger partial charge is 0.307 e. The van der Waals surface area contributed by atoms with Gasteiger partial charge in [0.2, 0.25) is 12.2 Å². The van der Waals surface area contributed by atoms with Gasteiger partial charge in [0.1, 0.15) is 18.8 Å². The second-order valence-corrected chi connectivity index (χ2v) is 6.99. The van der Waals surface area contributed by atoms with Crippen LogP contribution in [0.4, 0.5) is 0 Å². The lowest BCUT2D eigenvalue weighted by atomic mass is 9.95. The predicted octanol–water partition coefficient (Wildman–Crippen LogP) is 1.16. The van der Waals surface area contributed by atoms with Gasteiger partial charge in [0.25, 0.3) is 0 Å². The lowest BCUT2D eigenvalue weighted by Crippen LogP contribution is -2.67. The minimum atomic E-state index is -1.37. The Kier molecular flexibility index (Phi) is 11.7. The first-order valence-corrected chi connectivity index (χ1v) is 10.9. The number of esters is 4. The number of carbonyl (C=O) groups excluding carboxylic acids is 5. The zero-order valence-electron chi connectivity index (χ0n) is 19.2. The van der Waals surface area contributed by atoms with E-state index in [1.807, 2.05) is 0 Å². The Morgan fingerprint density at radius 2 is 1.19 bits per heavy atom. The van der Waals surface area contributed by atoms with E-state index in [2.05, 4.69) is 5.32 Å². The van der Waals surface area contributed by atoms with E-state index in [1.165, 1.54) is 0 Å². The van der Waals surface area contributed by atoms with Crippen LogP contribution in [-0.2, 0) is 47.7 Å². The standard InChI is InChI=1S/C21H33NO10/c1-6-13(23)22-18-20(31-16(26)9-4)19(30-15(25)8-3)12(11-28-14(24)7-2)29-21(18)32-17(27)10-5/h12,18-21H,6-11H2,1-5H3,(H,22,23)/t12?,18?,19-,20?,21?/m1/s1. The van der Waals surface area contributed by atoms with E-state index in [0.29, 0.717) is 0 Å². The highest BCUT2D eigenvalue weighted by molar-refractivity contribution is 5.76. The predicted molar refractivity (Wildman–Crippen MR) is 109 cm³/mol. The van der Waals surface area contributed by atoms with Crippen LogP contribution in [0.5, 0.6) is 0 Å². The van der Waals surface area contributed by atoms with Crippen molar-refractivity contribution in [2.75, 3.05) is 6.61 Å². The number of amides is 1. The first kappa shape index (κ1) is 27.3. The fourth-order valence-electron chi connectivity index (χ4n) is 2.82. The zero-order chi connectivity index (χ0) is 24.3. The maximum absolute atomic E-state index is 12.2. The van der Waals surface area contributed by atoms with Gasteiger partial charge in [-0.2, -0.15) is 0 Å². The summed E-state index contributed by atoms with van der Waals surface area (Å²) in [4.78, 5) is 60.2. The monoisotopic (exact) mass is 459 g/mol. The van der Waals surface area contributed by atoms with Crippen molar-refractivity contribution in [1.29, 1.82) is 0 Å². The van der Waals surface area contributed by atoms with Crippen molar-refractivity contribution in [1.82, 2.24) is 5.32 Å². The van der Waals surface area contributed by atoms with E-state index in [0.717, 1.165) is 0 Å². The van der Waals surface area contributed by atoms with Gasteiger partial charge in [-0.3, -0.25) is 24.0 Å². The van der Waals surface area contributed by atoms with Crippen molar-refractivity contribution in [3.63, 3.8) is 0 Å². The number of rotatable bonds is 11. The molecule has 32 heavy (non-hydrogen) atoms. The van der Waals surface area contributed by atoms with Crippen LogP contribution in [0.3, 0.4) is 0 Å². The topological polar surface area (TPSA) is 144 Å². The number of ether oxygens (including phenoxy) is 5. The van der Waals surface area contributed by atoms with Gasteiger partial charge < -0.3 is 29.0 Å². The zero-order valence-corrected chi connectivity index (χ0v) is 19.2. The van der Waals surface area contributed by atoms with Crippen LogP contribution in [-0.4, -0.2) is 67.0 Å². The molecule has 0 aromatic heterocycles. The highest BCUT2D eigenvalue weighted by Gasteiger charge is 2.52. The van der Waals surface area contributed by atoms with E-state index in [-0.39, 0.29) is 38.7 Å². The summed E-state index contributed by atoms with van der Waals surface area (Å²) in [7, 11) is 0. The third-order valence-corrected chi connectivity index (χ3v) is 4.64. The molecule has 5 atom stereocenters. The molecule has 11 heteroatoms. The van der Waals surface area contributed by atoms with Crippen molar-refractivity contribution in [3.8, 4) is 0 Å². The van der Waals surface area contributed by atoms with Crippen LogP contribution in [0.2, 0.25) is 0 Å². The molecular formula is C21H33NO10. The molecule has 0 radical (unpaired) electrons. The molecule has 1 aliphatic heterocycles. The Balaban J connectivity index is 3.40. The molecule has 0 spiro atoms. The molecule has 1 saturated heterocycles. The maximum Gasteiger partial charge on any atom is 0.307 e. The maximum atomic E-state index is 12.2. The summed E-state index contributed by atoms with van der Waals surface area (Å²) >= 11 is 0. The van der Waals surface area contributed by atoms with Crippen molar-refractivity contribution in [3.05, 3.63) is 0 Å². The first-order chi connectivity index (χ1) is 15.2. The molecule has 1 fully saturated rings. The molecule has 1 rings (SSSR count). The summed E-state index contributed by atoms with van der Waals surface area (Å²) in [6, 6.07) is -1.15. The summed E-state index contributed by atoms with van der Waals surface area (Å²) in [6.45, 7) is 7.60. The Morgan fingerprint density at radius 1 is 0.688 bits per heavy atom. The second-order valence-electron chi connectivity index (χ2n) is 6.99. The molecule has 1 heterocycles. The molecule has 182 valence electrons. The third-order valence-electron chi connectivity index (χ3n) is 4.64. The summed E-state index contributed by atoms with van der Waals surface area (Å²) in [5.74, 6) is -2.83. The molecule has 0 saturated carbocycles. The van der Waals surface area contributed by atoms with E-state index in [4.69, 9.17) is 23.7 Å². The summed E-state index contributed by atoms with van der Waals surface area (Å²) in [5, 5.41) is 2.63. The van der Waals surface area contributed by atoms with Crippen LogP contribution in [0.25, 0.3) is 0 Å². The number of hydrogen-bond donors (Lipinski definition) is 1. The van der Waals surface area contributed by atoms with Gasteiger partial charge in [-0.05, 0) is 0 Å². The Labute approximate surface area is 187 Å². The van der Waals surface area contributed by atoms with Crippen molar-refractivity contribution in [2.24, 2.45) is 0 Å². The fraction of sp³-hybridized carbons (Fsp3) is 0.762. The molecule has 0 aromatic carbocycles. The van der Waals surface area contributed by atoms with Crippen molar-refractivity contribution >= 4 is 29.8 Å².